The maximum Gasteiger partial charge on any atom is 0.425 e. The zero-order valence-corrected chi connectivity index (χ0v) is 11.7. The van der Waals surface area contributed by atoms with E-state index in [4.69, 9.17) is 27.9 Å². The van der Waals surface area contributed by atoms with Crippen molar-refractivity contribution in [2.24, 2.45) is 0 Å². The van der Waals surface area contributed by atoms with Crippen LogP contribution in [0.25, 0.3) is 0 Å². The Morgan fingerprint density at radius 3 is 2.53 bits per heavy atom. The van der Waals surface area contributed by atoms with Crippen molar-refractivity contribution >= 4 is 35.2 Å². The van der Waals surface area contributed by atoms with Gasteiger partial charge in [0.2, 0.25) is 0 Å². The molecule has 0 aromatic heterocycles. The molecule has 0 unspecified atom stereocenters. The summed E-state index contributed by atoms with van der Waals surface area (Å²) < 4.78 is 9.62. The summed E-state index contributed by atoms with van der Waals surface area (Å²) in [7, 11) is 1.18. The van der Waals surface area contributed by atoms with E-state index in [0.29, 0.717) is 10.8 Å². The lowest BCUT2D eigenvalue weighted by Gasteiger charge is -2.15. The molecule has 8 heteroatoms. The third-order valence-electron chi connectivity index (χ3n) is 2.04. The Morgan fingerprint density at radius 2 is 1.95 bits per heavy atom. The number of methoxy groups -OCH3 is 1. The van der Waals surface area contributed by atoms with Crippen LogP contribution < -0.4 is 15.6 Å². The zero-order chi connectivity index (χ0) is 14.4. The van der Waals surface area contributed by atoms with Gasteiger partial charge in [0.1, 0.15) is 5.75 Å². The van der Waals surface area contributed by atoms with Crippen molar-refractivity contribution in [3.63, 3.8) is 0 Å². The van der Waals surface area contributed by atoms with Crippen molar-refractivity contribution in [1.82, 2.24) is 10.9 Å². The van der Waals surface area contributed by atoms with E-state index in [2.05, 4.69) is 10.2 Å². The van der Waals surface area contributed by atoms with Gasteiger partial charge in [0.25, 0.3) is 5.91 Å². The van der Waals surface area contributed by atoms with Gasteiger partial charge in [0, 0.05) is 5.02 Å². The highest BCUT2D eigenvalue weighted by Crippen LogP contribution is 2.28. The van der Waals surface area contributed by atoms with Crippen molar-refractivity contribution in [2.45, 2.75) is 13.0 Å². The number of carbonyl (C=O) groups excluding carboxylic acids is 2. The third kappa shape index (κ3) is 4.84. The molecule has 0 saturated carbocycles. The van der Waals surface area contributed by atoms with E-state index >= 15 is 0 Å². The van der Waals surface area contributed by atoms with Gasteiger partial charge < -0.3 is 9.47 Å². The van der Waals surface area contributed by atoms with Crippen LogP contribution in [0.5, 0.6) is 5.75 Å². The first-order valence-electron chi connectivity index (χ1n) is 5.19. The molecule has 0 bridgehead atoms. The molecule has 6 nitrogen and oxygen atoms in total. The highest BCUT2D eigenvalue weighted by Gasteiger charge is 2.16. The molecule has 19 heavy (non-hydrogen) atoms. The van der Waals surface area contributed by atoms with Crippen LogP contribution in [-0.2, 0) is 9.53 Å². The maximum absolute atomic E-state index is 11.6. The average Bonchev–Trinajstić information content (AvgIpc) is 2.38. The van der Waals surface area contributed by atoms with Crippen LogP contribution in [0.1, 0.15) is 6.92 Å². The summed E-state index contributed by atoms with van der Waals surface area (Å²) in [5.41, 5.74) is 4.15. The van der Waals surface area contributed by atoms with Gasteiger partial charge >= 0.3 is 6.09 Å². The van der Waals surface area contributed by atoms with Crippen LogP contribution >= 0.6 is 23.2 Å². The van der Waals surface area contributed by atoms with Gasteiger partial charge in [-0.1, -0.05) is 23.2 Å². The number of hydrogen-bond acceptors (Lipinski definition) is 4. The van der Waals surface area contributed by atoms with Gasteiger partial charge in [0.05, 0.1) is 12.1 Å². The molecule has 2 amide bonds. The second kappa shape index (κ2) is 7.06. The molecule has 0 radical (unpaired) electrons. The Bertz CT molecular complexity index is 482. The molecule has 2 N–H and O–H groups in total. The summed E-state index contributed by atoms with van der Waals surface area (Å²) in [5, 5.41) is 0.745. The van der Waals surface area contributed by atoms with E-state index in [1.54, 1.807) is 12.1 Å². The van der Waals surface area contributed by atoms with E-state index in [1.807, 2.05) is 5.43 Å². The molecule has 0 aliphatic rings. The van der Waals surface area contributed by atoms with Crippen molar-refractivity contribution in [3.8, 4) is 5.75 Å². The Hall–Kier alpha value is -1.66. The van der Waals surface area contributed by atoms with Gasteiger partial charge in [-0.05, 0) is 25.1 Å². The Balaban J connectivity index is 2.56. The standard InChI is InChI=1S/C11H12Cl2N2O4/c1-6(10(16)14-15-11(17)18-2)19-9-4-3-7(12)5-8(9)13/h3-6H,1-2H3,(H,14,16)(H,15,17)/t6-/m1/s1. The third-order valence-corrected chi connectivity index (χ3v) is 2.57. The Kier molecular flexibility index (Phi) is 5.72. The molecule has 0 spiro atoms. The average molecular weight is 307 g/mol. The SMILES string of the molecule is COC(=O)NNC(=O)[C@@H](C)Oc1ccc(Cl)cc1Cl. The van der Waals surface area contributed by atoms with Gasteiger partial charge in [-0.3, -0.25) is 10.2 Å². The summed E-state index contributed by atoms with van der Waals surface area (Å²) in [6, 6.07) is 4.62. The first-order valence-corrected chi connectivity index (χ1v) is 5.95. The van der Waals surface area contributed by atoms with Gasteiger partial charge in [-0.2, -0.15) is 0 Å². The van der Waals surface area contributed by atoms with Crippen LogP contribution in [-0.4, -0.2) is 25.2 Å². The summed E-state index contributed by atoms with van der Waals surface area (Å²) >= 11 is 11.6. The fourth-order valence-corrected chi connectivity index (χ4v) is 1.53. The van der Waals surface area contributed by atoms with Gasteiger partial charge in [-0.25, -0.2) is 10.2 Å². The predicted octanol–water partition coefficient (Wildman–Crippen LogP) is 2.15. The largest absolute Gasteiger partial charge is 0.479 e. The van der Waals surface area contributed by atoms with E-state index in [-0.39, 0.29) is 5.02 Å². The number of hydrogen-bond donors (Lipinski definition) is 2. The van der Waals surface area contributed by atoms with Crippen LogP contribution in [0.4, 0.5) is 4.79 Å². The summed E-state index contributed by atoms with van der Waals surface area (Å²) in [5.74, 6) is -0.247. The molecule has 1 atom stereocenters. The topological polar surface area (TPSA) is 76.7 Å². The Labute approximate surface area is 119 Å². The van der Waals surface area contributed by atoms with Crippen LogP contribution in [0.15, 0.2) is 18.2 Å². The number of halogens is 2. The van der Waals surface area contributed by atoms with Crippen molar-refractivity contribution in [2.75, 3.05) is 7.11 Å². The fourth-order valence-electron chi connectivity index (χ4n) is 1.08. The number of benzene rings is 1. The molecular weight excluding hydrogens is 295 g/mol. The second-order valence-corrected chi connectivity index (χ2v) is 4.28. The minimum Gasteiger partial charge on any atom is -0.479 e. The molecule has 0 heterocycles. The molecule has 0 fully saturated rings. The van der Waals surface area contributed by atoms with Crippen molar-refractivity contribution in [3.05, 3.63) is 28.2 Å². The monoisotopic (exact) mass is 306 g/mol. The van der Waals surface area contributed by atoms with Crippen LogP contribution in [0.3, 0.4) is 0 Å². The lowest BCUT2D eigenvalue weighted by molar-refractivity contribution is -0.128. The van der Waals surface area contributed by atoms with Crippen LogP contribution in [0, 0.1) is 0 Å². The molecular formula is C11H12Cl2N2O4. The first-order chi connectivity index (χ1) is 8.93. The zero-order valence-electron chi connectivity index (χ0n) is 10.2. The molecule has 1 aromatic carbocycles. The summed E-state index contributed by atoms with van der Waals surface area (Å²) in [4.78, 5) is 22.3. The lowest BCUT2D eigenvalue weighted by Crippen LogP contribution is -2.47. The fraction of sp³-hybridized carbons (Fsp3) is 0.273. The van der Waals surface area contributed by atoms with Crippen LogP contribution in [0.2, 0.25) is 10.0 Å². The molecule has 1 aromatic rings. The predicted molar refractivity (Wildman–Crippen MR) is 70.2 cm³/mol. The van der Waals surface area contributed by atoms with E-state index in [0.717, 1.165) is 0 Å². The number of rotatable bonds is 3. The number of hydrazine groups is 1. The molecule has 0 aliphatic carbocycles. The maximum atomic E-state index is 11.6. The summed E-state index contributed by atoms with van der Waals surface area (Å²) in [6.07, 6.45) is -1.65. The number of ether oxygens (including phenoxy) is 2. The van der Waals surface area contributed by atoms with E-state index in [1.165, 1.54) is 20.1 Å². The van der Waals surface area contributed by atoms with Crippen molar-refractivity contribution < 1.29 is 19.1 Å². The first kappa shape index (κ1) is 15.4. The Morgan fingerprint density at radius 1 is 1.26 bits per heavy atom. The highest BCUT2D eigenvalue weighted by atomic mass is 35.5. The molecule has 1 rings (SSSR count). The molecule has 104 valence electrons. The van der Waals surface area contributed by atoms with E-state index < -0.39 is 18.1 Å². The molecule has 0 aliphatic heterocycles. The number of carbonyl (C=O) groups is 2. The minimum atomic E-state index is -0.865. The minimum absolute atomic E-state index is 0.285. The normalized spacial score (nSPS) is 11.4. The second-order valence-electron chi connectivity index (χ2n) is 3.44. The smallest absolute Gasteiger partial charge is 0.425 e. The van der Waals surface area contributed by atoms with Gasteiger partial charge in [0.15, 0.2) is 6.10 Å². The van der Waals surface area contributed by atoms with E-state index in [9.17, 15) is 9.59 Å². The highest BCUT2D eigenvalue weighted by molar-refractivity contribution is 6.35. The van der Waals surface area contributed by atoms with Gasteiger partial charge in [-0.15, -0.1) is 0 Å². The van der Waals surface area contributed by atoms with Crippen molar-refractivity contribution in [1.29, 1.82) is 0 Å². The number of nitrogens with one attached hydrogen (secondary N) is 2. The number of amides is 2. The lowest BCUT2D eigenvalue weighted by atomic mass is 10.3. The molecule has 0 saturated heterocycles. The summed E-state index contributed by atoms with van der Waals surface area (Å²) in [6.45, 7) is 1.50. The quantitative estimate of drug-likeness (QED) is 0.839.